The lowest BCUT2D eigenvalue weighted by atomic mass is 9.70. The molecule has 0 atom stereocenters. The first-order valence-corrected chi connectivity index (χ1v) is 8.14. The van der Waals surface area contributed by atoms with Gasteiger partial charge < -0.3 is 4.40 Å². The summed E-state index contributed by atoms with van der Waals surface area (Å²) in [6.07, 6.45) is 6.38. The highest BCUT2D eigenvalue weighted by molar-refractivity contribution is 5.53. The van der Waals surface area contributed by atoms with E-state index in [0.717, 1.165) is 5.65 Å². The molecule has 2 nitrogen and oxygen atoms in total. The van der Waals surface area contributed by atoms with E-state index in [0.29, 0.717) is 11.3 Å². The molecular weight excluding hydrogens is 256 g/mol. The second-order valence-electron chi connectivity index (χ2n) is 8.03. The summed E-state index contributed by atoms with van der Waals surface area (Å²) in [5, 5.41) is 0. The summed E-state index contributed by atoms with van der Waals surface area (Å²) in [6.45, 7) is 16.2. The van der Waals surface area contributed by atoms with Gasteiger partial charge in [-0.15, -0.1) is 0 Å². The highest BCUT2D eigenvalue weighted by Crippen LogP contribution is 2.40. The van der Waals surface area contributed by atoms with Crippen LogP contribution in [0, 0.1) is 5.41 Å². The quantitative estimate of drug-likeness (QED) is 0.703. The summed E-state index contributed by atoms with van der Waals surface area (Å²) >= 11 is 0. The Morgan fingerprint density at radius 1 is 1.14 bits per heavy atom. The Balaban J connectivity index is 2.52. The van der Waals surface area contributed by atoms with Gasteiger partial charge in [0.1, 0.15) is 5.65 Å². The zero-order valence-corrected chi connectivity index (χ0v) is 14.7. The van der Waals surface area contributed by atoms with E-state index in [1.807, 2.05) is 6.20 Å². The van der Waals surface area contributed by atoms with Crippen LogP contribution in [0.2, 0.25) is 0 Å². The maximum absolute atomic E-state index is 4.65. The maximum Gasteiger partial charge on any atom is 0.140 e. The summed E-state index contributed by atoms with van der Waals surface area (Å²) < 4.78 is 2.26. The molecule has 0 aliphatic heterocycles. The molecule has 2 heteroatoms. The van der Waals surface area contributed by atoms with Crippen molar-refractivity contribution < 1.29 is 0 Å². The average Bonchev–Trinajstić information content (AvgIpc) is 2.84. The van der Waals surface area contributed by atoms with Gasteiger partial charge in [0.05, 0.1) is 0 Å². The van der Waals surface area contributed by atoms with Crippen molar-refractivity contribution >= 4 is 5.65 Å². The fraction of sp³-hybridized carbons (Fsp3) is 0.632. The van der Waals surface area contributed by atoms with Gasteiger partial charge in [-0.2, -0.15) is 0 Å². The Hall–Kier alpha value is -1.31. The van der Waals surface area contributed by atoms with E-state index in [2.05, 4.69) is 76.2 Å². The molecular formula is C19H30N2. The average molecular weight is 286 g/mol. The molecule has 2 rings (SSSR count). The van der Waals surface area contributed by atoms with Gasteiger partial charge in [-0.25, -0.2) is 4.98 Å². The Morgan fingerprint density at radius 2 is 1.81 bits per heavy atom. The first-order chi connectivity index (χ1) is 9.68. The normalized spacial score (nSPS) is 13.3. The van der Waals surface area contributed by atoms with Gasteiger partial charge >= 0.3 is 0 Å². The van der Waals surface area contributed by atoms with E-state index in [9.17, 15) is 0 Å². The van der Waals surface area contributed by atoms with Gasteiger partial charge in [0.25, 0.3) is 0 Å². The van der Waals surface area contributed by atoms with Gasteiger partial charge in [0, 0.05) is 23.7 Å². The van der Waals surface area contributed by atoms with Crippen molar-refractivity contribution in [2.45, 2.75) is 72.6 Å². The number of nitrogens with zero attached hydrogens (tertiary/aromatic N) is 2. The third-order valence-corrected chi connectivity index (χ3v) is 4.78. The molecule has 0 saturated heterocycles. The van der Waals surface area contributed by atoms with Crippen LogP contribution in [-0.4, -0.2) is 9.38 Å². The first-order valence-electron chi connectivity index (χ1n) is 8.14. The standard InChI is InChI=1S/C19H30N2/c1-8-18(4,5)13-19(6,7)15-9-10-16(14(2)3)21-12-11-20-17(15)21/h9-12,14H,8,13H2,1-7H3. The van der Waals surface area contributed by atoms with Crippen molar-refractivity contribution in [2.75, 3.05) is 0 Å². The number of hydrogen-bond acceptors (Lipinski definition) is 1. The van der Waals surface area contributed by atoms with Crippen LogP contribution in [0.15, 0.2) is 24.5 Å². The minimum atomic E-state index is 0.127. The summed E-state index contributed by atoms with van der Waals surface area (Å²) in [6, 6.07) is 4.57. The lowest BCUT2D eigenvalue weighted by Crippen LogP contribution is -2.27. The van der Waals surface area contributed by atoms with Crippen LogP contribution in [0.3, 0.4) is 0 Å². The molecule has 0 N–H and O–H groups in total. The monoisotopic (exact) mass is 286 g/mol. The Kier molecular flexibility index (Phi) is 4.19. The van der Waals surface area contributed by atoms with Crippen LogP contribution in [-0.2, 0) is 5.41 Å². The van der Waals surface area contributed by atoms with Crippen molar-refractivity contribution in [1.82, 2.24) is 9.38 Å². The third-order valence-electron chi connectivity index (χ3n) is 4.78. The van der Waals surface area contributed by atoms with Crippen LogP contribution in [0.1, 0.15) is 78.5 Å². The SMILES string of the molecule is CCC(C)(C)CC(C)(C)c1ccc(C(C)C)n2ccnc12. The summed E-state index contributed by atoms with van der Waals surface area (Å²) in [5.74, 6) is 0.506. The molecule has 2 aromatic rings. The van der Waals surface area contributed by atoms with Gasteiger partial charge in [-0.05, 0) is 29.2 Å². The van der Waals surface area contributed by atoms with Crippen molar-refractivity contribution in [2.24, 2.45) is 5.41 Å². The molecule has 2 aromatic heterocycles. The van der Waals surface area contributed by atoms with Crippen LogP contribution in [0.5, 0.6) is 0 Å². The molecule has 116 valence electrons. The Labute approximate surface area is 129 Å². The second-order valence-corrected chi connectivity index (χ2v) is 8.03. The number of fused-ring (bicyclic) bond motifs is 1. The molecule has 0 bridgehead atoms. The topological polar surface area (TPSA) is 17.3 Å². The van der Waals surface area contributed by atoms with Crippen LogP contribution in [0.25, 0.3) is 5.65 Å². The minimum Gasteiger partial charge on any atom is -0.304 e. The highest BCUT2D eigenvalue weighted by atomic mass is 15.0. The van der Waals surface area contributed by atoms with Gasteiger partial charge in [-0.1, -0.05) is 61.0 Å². The van der Waals surface area contributed by atoms with Crippen LogP contribution in [0.4, 0.5) is 0 Å². The number of imidazole rings is 1. The Bertz CT molecular complexity index is 618. The van der Waals surface area contributed by atoms with Gasteiger partial charge in [-0.3, -0.25) is 0 Å². The molecule has 0 spiro atoms. The summed E-state index contributed by atoms with van der Waals surface area (Å²) in [7, 11) is 0. The van der Waals surface area contributed by atoms with E-state index in [-0.39, 0.29) is 5.41 Å². The first kappa shape index (κ1) is 16.1. The number of rotatable bonds is 5. The van der Waals surface area contributed by atoms with Crippen molar-refractivity contribution in [3.63, 3.8) is 0 Å². The summed E-state index contributed by atoms with van der Waals surface area (Å²) in [4.78, 5) is 4.65. The van der Waals surface area contributed by atoms with Crippen molar-refractivity contribution in [3.05, 3.63) is 35.8 Å². The molecule has 0 unspecified atom stereocenters. The zero-order valence-electron chi connectivity index (χ0n) is 14.7. The smallest absolute Gasteiger partial charge is 0.140 e. The fourth-order valence-corrected chi connectivity index (χ4v) is 3.45. The molecule has 0 saturated carbocycles. The maximum atomic E-state index is 4.65. The molecule has 0 aliphatic carbocycles. The van der Waals surface area contributed by atoms with E-state index < -0.39 is 0 Å². The number of pyridine rings is 1. The number of hydrogen-bond donors (Lipinski definition) is 0. The molecule has 21 heavy (non-hydrogen) atoms. The number of aromatic nitrogens is 2. The van der Waals surface area contributed by atoms with Crippen LogP contribution >= 0.6 is 0 Å². The lowest BCUT2D eigenvalue weighted by Gasteiger charge is -2.35. The molecule has 2 heterocycles. The predicted molar refractivity (Wildman–Crippen MR) is 91.0 cm³/mol. The van der Waals surface area contributed by atoms with E-state index >= 15 is 0 Å². The molecule has 0 fully saturated rings. The van der Waals surface area contributed by atoms with E-state index in [1.54, 1.807) is 0 Å². The molecule has 0 aliphatic rings. The van der Waals surface area contributed by atoms with Gasteiger partial charge in [0.2, 0.25) is 0 Å². The highest BCUT2D eigenvalue weighted by Gasteiger charge is 2.31. The lowest BCUT2D eigenvalue weighted by molar-refractivity contribution is 0.249. The molecule has 0 radical (unpaired) electrons. The predicted octanol–water partition coefficient (Wildman–Crippen LogP) is 5.56. The third kappa shape index (κ3) is 3.14. The van der Waals surface area contributed by atoms with Crippen LogP contribution < -0.4 is 0 Å². The Morgan fingerprint density at radius 3 is 2.38 bits per heavy atom. The van der Waals surface area contributed by atoms with Gasteiger partial charge in [0.15, 0.2) is 0 Å². The van der Waals surface area contributed by atoms with Crippen molar-refractivity contribution in [1.29, 1.82) is 0 Å². The van der Waals surface area contributed by atoms with Crippen molar-refractivity contribution in [3.8, 4) is 0 Å². The summed E-state index contributed by atoms with van der Waals surface area (Å²) in [5.41, 5.74) is 4.29. The van der Waals surface area contributed by atoms with E-state index in [1.165, 1.54) is 24.1 Å². The fourth-order valence-electron chi connectivity index (χ4n) is 3.45. The zero-order chi connectivity index (χ0) is 15.8. The second kappa shape index (κ2) is 5.47. The minimum absolute atomic E-state index is 0.127. The molecule has 0 amide bonds. The largest absolute Gasteiger partial charge is 0.304 e. The van der Waals surface area contributed by atoms with E-state index in [4.69, 9.17) is 0 Å². The molecule has 0 aromatic carbocycles.